The van der Waals surface area contributed by atoms with Crippen molar-refractivity contribution in [2.75, 3.05) is 6.61 Å². The molecular weight excluding hydrogens is 236 g/mol. The Morgan fingerprint density at radius 3 is 2.32 bits per heavy atom. The highest BCUT2D eigenvalue weighted by molar-refractivity contribution is 5.19. The lowest BCUT2D eigenvalue weighted by molar-refractivity contribution is -0.275. The van der Waals surface area contributed by atoms with E-state index < -0.39 is 0 Å². The third-order valence-electron chi connectivity index (χ3n) is 4.01. The quantitative estimate of drug-likeness (QED) is 0.812. The molecule has 3 atom stereocenters. The predicted octanol–water partition coefficient (Wildman–Crippen LogP) is 4.21. The van der Waals surface area contributed by atoms with Crippen LogP contribution in [0.2, 0.25) is 0 Å². The largest absolute Gasteiger partial charge is 0.351 e. The Bertz CT molecular complexity index is 397. The van der Waals surface area contributed by atoms with Crippen molar-refractivity contribution in [3.63, 3.8) is 0 Å². The van der Waals surface area contributed by atoms with Crippen LogP contribution in [0.3, 0.4) is 0 Å². The fraction of sp³-hybridized carbons (Fsp3) is 0.647. The molecule has 1 aromatic carbocycles. The molecule has 1 aromatic rings. The van der Waals surface area contributed by atoms with Gasteiger partial charge in [0.2, 0.25) is 0 Å². The fourth-order valence-electron chi connectivity index (χ4n) is 2.98. The lowest BCUT2D eigenvalue weighted by Crippen LogP contribution is -2.49. The van der Waals surface area contributed by atoms with E-state index in [-0.39, 0.29) is 23.7 Å². The molecule has 1 saturated heterocycles. The maximum atomic E-state index is 6.26. The van der Waals surface area contributed by atoms with E-state index in [1.54, 1.807) is 0 Å². The summed E-state index contributed by atoms with van der Waals surface area (Å²) in [5, 5.41) is 0. The van der Waals surface area contributed by atoms with Crippen LogP contribution in [0.25, 0.3) is 0 Å². The standard InChI is InChI=1S/C17H26O2/c1-12(2)15-17(4,5)11-18-16(19-15)13(3)14-9-7-6-8-10-14/h6-10,12-13,15-16H,11H2,1-5H3/t13-,15+,16-/m0/s1. The van der Waals surface area contributed by atoms with Crippen LogP contribution in [0.4, 0.5) is 0 Å². The summed E-state index contributed by atoms with van der Waals surface area (Å²) in [6.07, 6.45) is 0.111. The van der Waals surface area contributed by atoms with Crippen molar-refractivity contribution in [2.24, 2.45) is 11.3 Å². The van der Waals surface area contributed by atoms with Gasteiger partial charge < -0.3 is 9.47 Å². The predicted molar refractivity (Wildman–Crippen MR) is 78.1 cm³/mol. The number of rotatable bonds is 3. The number of ether oxygens (including phenoxy) is 2. The first-order valence-corrected chi connectivity index (χ1v) is 7.24. The summed E-state index contributed by atoms with van der Waals surface area (Å²) in [4.78, 5) is 0. The van der Waals surface area contributed by atoms with Crippen LogP contribution in [0.1, 0.15) is 46.1 Å². The molecule has 0 unspecified atom stereocenters. The van der Waals surface area contributed by atoms with E-state index in [9.17, 15) is 0 Å². The molecule has 0 aliphatic carbocycles. The van der Waals surface area contributed by atoms with Crippen molar-refractivity contribution < 1.29 is 9.47 Å². The van der Waals surface area contributed by atoms with E-state index >= 15 is 0 Å². The van der Waals surface area contributed by atoms with Crippen molar-refractivity contribution in [2.45, 2.75) is 52.9 Å². The molecule has 0 spiro atoms. The van der Waals surface area contributed by atoms with Gasteiger partial charge in [-0.1, -0.05) is 65.0 Å². The topological polar surface area (TPSA) is 18.5 Å². The van der Waals surface area contributed by atoms with Gasteiger partial charge in [0.1, 0.15) is 0 Å². The van der Waals surface area contributed by atoms with Gasteiger partial charge in [0, 0.05) is 11.3 Å². The van der Waals surface area contributed by atoms with Crippen molar-refractivity contribution in [1.29, 1.82) is 0 Å². The van der Waals surface area contributed by atoms with Crippen molar-refractivity contribution >= 4 is 0 Å². The smallest absolute Gasteiger partial charge is 0.164 e. The Morgan fingerprint density at radius 1 is 1.11 bits per heavy atom. The summed E-state index contributed by atoms with van der Waals surface area (Å²) >= 11 is 0. The molecule has 1 aliphatic heterocycles. The zero-order valence-electron chi connectivity index (χ0n) is 12.7. The second kappa shape index (κ2) is 5.64. The first-order chi connectivity index (χ1) is 8.92. The molecule has 1 aliphatic rings. The summed E-state index contributed by atoms with van der Waals surface area (Å²) in [5.41, 5.74) is 1.36. The zero-order chi connectivity index (χ0) is 14.0. The highest BCUT2D eigenvalue weighted by Crippen LogP contribution is 2.38. The molecule has 0 saturated carbocycles. The van der Waals surface area contributed by atoms with Crippen molar-refractivity contribution in [1.82, 2.24) is 0 Å². The lowest BCUT2D eigenvalue weighted by Gasteiger charge is -2.45. The molecule has 0 bridgehead atoms. The maximum Gasteiger partial charge on any atom is 0.164 e. The number of hydrogen-bond donors (Lipinski definition) is 0. The first-order valence-electron chi connectivity index (χ1n) is 7.24. The Hall–Kier alpha value is -0.860. The minimum Gasteiger partial charge on any atom is -0.351 e. The molecule has 2 heteroatoms. The zero-order valence-corrected chi connectivity index (χ0v) is 12.7. The molecule has 0 radical (unpaired) electrons. The molecule has 2 rings (SSSR count). The van der Waals surface area contributed by atoms with E-state index in [2.05, 4.69) is 58.9 Å². The van der Waals surface area contributed by atoms with Crippen LogP contribution in [-0.4, -0.2) is 19.0 Å². The van der Waals surface area contributed by atoms with E-state index in [4.69, 9.17) is 9.47 Å². The van der Waals surface area contributed by atoms with E-state index in [0.29, 0.717) is 5.92 Å². The molecule has 0 N–H and O–H groups in total. The first kappa shape index (κ1) is 14.5. The lowest BCUT2D eigenvalue weighted by atomic mass is 9.80. The average Bonchev–Trinajstić information content (AvgIpc) is 2.38. The van der Waals surface area contributed by atoms with Crippen LogP contribution >= 0.6 is 0 Å². The fourth-order valence-corrected chi connectivity index (χ4v) is 2.98. The van der Waals surface area contributed by atoms with E-state index in [0.717, 1.165) is 6.61 Å². The van der Waals surface area contributed by atoms with Crippen molar-refractivity contribution in [3.05, 3.63) is 35.9 Å². The molecule has 0 aromatic heterocycles. The van der Waals surface area contributed by atoms with Crippen LogP contribution < -0.4 is 0 Å². The highest BCUT2D eigenvalue weighted by atomic mass is 16.7. The SMILES string of the molecule is CC(C)[C@H]1O[C@@H]([C@@H](C)c2ccccc2)OCC1(C)C. The third-order valence-corrected chi connectivity index (χ3v) is 4.01. The van der Waals surface area contributed by atoms with Gasteiger partial charge in [0.25, 0.3) is 0 Å². The molecule has 1 heterocycles. The summed E-state index contributed by atoms with van der Waals surface area (Å²) in [6.45, 7) is 11.8. The van der Waals surface area contributed by atoms with Crippen molar-refractivity contribution in [3.8, 4) is 0 Å². The normalized spacial score (nSPS) is 28.3. The monoisotopic (exact) mass is 262 g/mol. The second-order valence-electron chi connectivity index (χ2n) is 6.67. The minimum absolute atomic E-state index is 0.0844. The molecule has 19 heavy (non-hydrogen) atoms. The number of hydrogen-bond acceptors (Lipinski definition) is 2. The van der Waals surface area contributed by atoms with Gasteiger partial charge in [-0.15, -0.1) is 0 Å². The van der Waals surface area contributed by atoms with Crippen LogP contribution in [0.15, 0.2) is 30.3 Å². The molecule has 106 valence electrons. The Labute approximate surface area is 117 Å². The summed E-state index contributed by atoms with van der Waals surface area (Å²) < 4.78 is 12.2. The number of benzene rings is 1. The third kappa shape index (κ3) is 3.18. The van der Waals surface area contributed by atoms with E-state index in [1.807, 2.05) is 6.07 Å². The maximum absolute atomic E-state index is 6.26. The van der Waals surface area contributed by atoms with Gasteiger partial charge in [-0.2, -0.15) is 0 Å². The molecule has 0 amide bonds. The summed E-state index contributed by atoms with van der Waals surface area (Å²) in [6, 6.07) is 10.5. The van der Waals surface area contributed by atoms with Crippen LogP contribution in [0, 0.1) is 11.3 Å². The Balaban J connectivity index is 2.11. The van der Waals surface area contributed by atoms with Crippen LogP contribution in [0.5, 0.6) is 0 Å². The summed E-state index contributed by atoms with van der Waals surface area (Å²) in [7, 11) is 0. The van der Waals surface area contributed by atoms with Gasteiger partial charge in [-0.05, 0) is 11.5 Å². The van der Waals surface area contributed by atoms with Crippen LogP contribution in [-0.2, 0) is 9.47 Å². The van der Waals surface area contributed by atoms with Gasteiger partial charge in [0.15, 0.2) is 6.29 Å². The van der Waals surface area contributed by atoms with Gasteiger partial charge >= 0.3 is 0 Å². The average molecular weight is 262 g/mol. The molecular formula is C17H26O2. The minimum atomic E-state index is -0.136. The Kier molecular flexibility index (Phi) is 4.32. The molecule has 1 fully saturated rings. The van der Waals surface area contributed by atoms with Gasteiger partial charge in [-0.25, -0.2) is 0 Å². The van der Waals surface area contributed by atoms with Gasteiger partial charge in [0.05, 0.1) is 12.7 Å². The Morgan fingerprint density at radius 2 is 1.74 bits per heavy atom. The summed E-state index contributed by atoms with van der Waals surface area (Å²) in [5.74, 6) is 0.767. The highest BCUT2D eigenvalue weighted by Gasteiger charge is 2.41. The second-order valence-corrected chi connectivity index (χ2v) is 6.67. The van der Waals surface area contributed by atoms with Gasteiger partial charge in [-0.3, -0.25) is 0 Å². The molecule has 2 nitrogen and oxygen atoms in total. The van der Waals surface area contributed by atoms with E-state index in [1.165, 1.54) is 5.56 Å².